The van der Waals surface area contributed by atoms with Crippen LogP contribution in [-0.4, -0.2) is 13.3 Å². The van der Waals surface area contributed by atoms with Crippen LogP contribution in [0.3, 0.4) is 0 Å². The SMILES string of the molecule is FCCCOc1c(F)cccc1CCl. The predicted molar refractivity (Wildman–Crippen MR) is 52.0 cm³/mol. The number of ether oxygens (including phenoxy) is 1. The van der Waals surface area contributed by atoms with Gasteiger partial charge in [-0.1, -0.05) is 12.1 Å². The van der Waals surface area contributed by atoms with Crippen molar-refractivity contribution in [2.75, 3.05) is 13.3 Å². The van der Waals surface area contributed by atoms with E-state index in [1.54, 1.807) is 12.1 Å². The van der Waals surface area contributed by atoms with Crippen LogP contribution in [0, 0.1) is 5.82 Å². The highest BCUT2D eigenvalue weighted by atomic mass is 35.5. The highest BCUT2D eigenvalue weighted by Crippen LogP contribution is 2.24. The summed E-state index contributed by atoms with van der Waals surface area (Å²) < 4.78 is 30.1. The van der Waals surface area contributed by atoms with Crippen molar-refractivity contribution >= 4 is 11.6 Å². The Kier molecular flexibility index (Phi) is 4.66. The van der Waals surface area contributed by atoms with Crippen LogP contribution in [0.1, 0.15) is 12.0 Å². The summed E-state index contributed by atoms with van der Waals surface area (Å²) in [5, 5.41) is 0. The Bertz CT molecular complexity index is 291. The molecule has 0 aliphatic rings. The van der Waals surface area contributed by atoms with Crippen molar-refractivity contribution in [1.82, 2.24) is 0 Å². The molecule has 14 heavy (non-hydrogen) atoms. The highest BCUT2D eigenvalue weighted by Gasteiger charge is 2.08. The first-order valence-corrected chi connectivity index (χ1v) is 4.85. The van der Waals surface area contributed by atoms with Crippen LogP contribution in [-0.2, 0) is 5.88 Å². The molecule has 78 valence electrons. The van der Waals surface area contributed by atoms with E-state index in [9.17, 15) is 8.78 Å². The lowest BCUT2D eigenvalue weighted by atomic mass is 10.2. The van der Waals surface area contributed by atoms with Crippen LogP contribution in [0.4, 0.5) is 8.78 Å². The fourth-order valence-electron chi connectivity index (χ4n) is 1.05. The van der Waals surface area contributed by atoms with E-state index in [0.29, 0.717) is 5.56 Å². The van der Waals surface area contributed by atoms with Crippen LogP contribution in [0.5, 0.6) is 5.75 Å². The average molecular weight is 221 g/mol. The van der Waals surface area contributed by atoms with E-state index in [0.717, 1.165) is 0 Å². The van der Waals surface area contributed by atoms with Gasteiger partial charge in [-0.25, -0.2) is 4.39 Å². The molecule has 0 bridgehead atoms. The predicted octanol–water partition coefficient (Wildman–Crippen LogP) is 3.30. The van der Waals surface area contributed by atoms with Crippen LogP contribution < -0.4 is 4.74 Å². The summed E-state index contributed by atoms with van der Waals surface area (Å²) in [5.41, 5.74) is 0.588. The molecule has 1 rings (SSSR count). The van der Waals surface area contributed by atoms with Gasteiger partial charge in [0.2, 0.25) is 0 Å². The van der Waals surface area contributed by atoms with Gasteiger partial charge in [-0.2, -0.15) is 0 Å². The molecule has 0 N–H and O–H groups in total. The van der Waals surface area contributed by atoms with Crippen molar-refractivity contribution in [1.29, 1.82) is 0 Å². The molecule has 0 atom stereocenters. The maximum Gasteiger partial charge on any atom is 0.165 e. The van der Waals surface area contributed by atoms with Crippen LogP contribution in [0.2, 0.25) is 0 Å². The van der Waals surface area contributed by atoms with Gasteiger partial charge in [-0.05, 0) is 6.07 Å². The summed E-state index contributed by atoms with van der Waals surface area (Å²) in [5.74, 6) is -0.138. The third-order valence-corrected chi connectivity index (χ3v) is 2.00. The van der Waals surface area contributed by atoms with Crippen molar-refractivity contribution in [3.05, 3.63) is 29.6 Å². The van der Waals surface area contributed by atoms with Gasteiger partial charge >= 0.3 is 0 Å². The first-order valence-electron chi connectivity index (χ1n) is 4.31. The third-order valence-electron chi connectivity index (χ3n) is 1.72. The Morgan fingerprint density at radius 3 is 2.79 bits per heavy atom. The molecule has 1 nitrogen and oxygen atoms in total. The number of halogens is 3. The van der Waals surface area contributed by atoms with Crippen molar-refractivity contribution in [3.8, 4) is 5.75 Å². The third kappa shape index (κ3) is 2.84. The summed E-state index contributed by atoms with van der Waals surface area (Å²) in [6, 6.07) is 4.54. The number of para-hydroxylation sites is 1. The van der Waals surface area contributed by atoms with Gasteiger partial charge in [0.15, 0.2) is 11.6 Å². The van der Waals surface area contributed by atoms with Gasteiger partial charge in [0.05, 0.1) is 19.2 Å². The number of rotatable bonds is 5. The fraction of sp³-hybridized carbons (Fsp3) is 0.400. The molecule has 0 spiro atoms. The number of benzene rings is 1. The maximum atomic E-state index is 13.2. The lowest BCUT2D eigenvalue weighted by Gasteiger charge is -2.09. The van der Waals surface area contributed by atoms with E-state index in [1.807, 2.05) is 0 Å². The molecule has 0 heterocycles. The van der Waals surface area contributed by atoms with Gasteiger partial charge in [0.1, 0.15) is 0 Å². The Balaban J connectivity index is 2.72. The lowest BCUT2D eigenvalue weighted by Crippen LogP contribution is -2.02. The quantitative estimate of drug-likeness (QED) is 0.547. The van der Waals surface area contributed by atoms with Gasteiger partial charge in [0.25, 0.3) is 0 Å². The van der Waals surface area contributed by atoms with Crippen LogP contribution in [0.25, 0.3) is 0 Å². The zero-order valence-corrected chi connectivity index (χ0v) is 8.36. The molecule has 0 aliphatic carbocycles. The molecular formula is C10H11ClF2O. The van der Waals surface area contributed by atoms with E-state index in [1.165, 1.54) is 6.07 Å². The van der Waals surface area contributed by atoms with E-state index < -0.39 is 12.5 Å². The number of alkyl halides is 2. The summed E-state index contributed by atoms with van der Waals surface area (Å²) in [6.07, 6.45) is 0.260. The van der Waals surface area contributed by atoms with Crippen molar-refractivity contribution in [2.45, 2.75) is 12.3 Å². The second-order valence-corrected chi connectivity index (χ2v) is 3.02. The number of hydrogen-bond acceptors (Lipinski definition) is 1. The summed E-state index contributed by atoms with van der Waals surface area (Å²) in [4.78, 5) is 0. The molecule has 0 aromatic heterocycles. The van der Waals surface area contributed by atoms with Gasteiger partial charge in [-0.15, -0.1) is 11.6 Å². The normalized spacial score (nSPS) is 10.2. The second kappa shape index (κ2) is 5.81. The van der Waals surface area contributed by atoms with Gasteiger partial charge < -0.3 is 4.74 Å². The number of hydrogen-bond donors (Lipinski definition) is 0. The van der Waals surface area contributed by atoms with E-state index in [-0.39, 0.29) is 24.7 Å². The van der Waals surface area contributed by atoms with E-state index in [4.69, 9.17) is 16.3 Å². The molecule has 0 amide bonds. The first-order chi connectivity index (χ1) is 6.79. The molecule has 0 aliphatic heterocycles. The molecule has 1 aromatic carbocycles. The smallest absolute Gasteiger partial charge is 0.165 e. The molecule has 1 aromatic rings. The molecule has 0 fully saturated rings. The summed E-state index contributed by atoms with van der Waals surface area (Å²) in [6.45, 7) is -0.300. The van der Waals surface area contributed by atoms with Crippen LogP contribution in [0.15, 0.2) is 18.2 Å². The van der Waals surface area contributed by atoms with Gasteiger partial charge in [0, 0.05) is 12.0 Å². The minimum Gasteiger partial charge on any atom is -0.490 e. The minimum atomic E-state index is -0.468. The molecule has 0 saturated heterocycles. The minimum absolute atomic E-state index is 0.135. The van der Waals surface area contributed by atoms with Crippen LogP contribution >= 0.6 is 11.6 Å². The molecule has 0 saturated carbocycles. The summed E-state index contributed by atoms with van der Waals surface area (Å²) in [7, 11) is 0. The molecule has 0 radical (unpaired) electrons. The zero-order chi connectivity index (χ0) is 10.4. The topological polar surface area (TPSA) is 9.23 Å². The van der Waals surface area contributed by atoms with Crippen molar-refractivity contribution < 1.29 is 13.5 Å². The Hall–Kier alpha value is -0.830. The van der Waals surface area contributed by atoms with E-state index >= 15 is 0 Å². The standard InChI is InChI=1S/C10H11ClF2O/c11-7-8-3-1-4-9(13)10(8)14-6-2-5-12/h1,3-4H,2,5-7H2. The second-order valence-electron chi connectivity index (χ2n) is 2.75. The Labute approximate surface area is 86.6 Å². The van der Waals surface area contributed by atoms with Crippen molar-refractivity contribution in [2.24, 2.45) is 0 Å². The average Bonchev–Trinajstić information content (AvgIpc) is 2.20. The first kappa shape index (κ1) is 11.2. The van der Waals surface area contributed by atoms with E-state index in [2.05, 4.69) is 0 Å². The monoisotopic (exact) mass is 220 g/mol. The molecule has 0 unspecified atom stereocenters. The largest absolute Gasteiger partial charge is 0.490 e. The lowest BCUT2D eigenvalue weighted by molar-refractivity contribution is 0.275. The Morgan fingerprint density at radius 2 is 2.14 bits per heavy atom. The summed E-state index contributed by atoms with van der Waals surface area (Å²) >= 11 is 5.60. The highest BCUT2D eigenvalue weighted by molar-refractivity contribution is 6.17. The molecular weight excluding hydrogens is 210 g/mol. The Morgan fingerprint density at radius 1 is 1.36 bits per heavy atom. The maximum absolute atomic E-state index is 13.2. The van der Waals surface area contributed by atoms with Crippen molar-refractivity contribution in [3.63, 3.8) is 0 Å². The van der Waals surface area contributed by atoms with Gasteiger partial charge in [-0.3, -0.25) is 4.39 Å². The zero-order valence-electron chi connectivity index (χ0n) is 7.60. The molecule has 4 heteroatoms. The fourth-order valence-corrected chi connectivity index (χ4v) is 1.26.